The van der Waals surface area contributed by atoms with Crippen molar-refractivity contribution < 1.29 is 42.9 Å². The summed E-state index contributed by atoms with van der Waals surface area (Å²) < 4.78 is 22.8. The van der Waals surface area contributed by atoms with Gasteiger partial charge >= 0.3 is 11.9 Å². The van der Waals surface area contributed by atoms with Gasteiger partial charge in [-0.15, -0.1) is 0 Å². The lowest BCUT2D eigenvalue weighted by molar-refractivity contribution is -0.870. The molecule has 0 heterocycles. The number of carbonyl (C=O) groups excluding carboxylic acids is 3. The van der Waals surface area contributed by atoms with Gasteiger partial charge in [-0.1, -0.05) is 326 Å². The Hall–Kier alpha value is -2.49. The monoisotopic (exact) mass is 1160 g/mol. The van der Waals surface area contributed by atoms with Crippen LogP contribution in [0.2, 0.25) is 0 Å². The van der Waals surface area contributed by atoms with Crippen LogP contribution in [-0.2, 0) is 33.3 Å². The first-order chi connectivity index (χ1) is 40.1. The van der Waals surface area contributed by atoms with E-state index in [2.05, 4.69) is 50.3 Å². The summed E-state index contributed by atoms with van der Waals surface area (Å²) in [7, 11) is 5.94. The van der Waals surface area contributed by atoms with Crippen molar-refractivity contribution >= 4 is 17.9 Å². The number of aliphatic carboxylic acids is 1. The van der Waals surface area contributed by atoms with Gasteiger partial charge in [0.2, 0.25) is 0 Å². The molecule has 0 bridgehead atoms. The van der Waals surface area contributed by atoms with Gasteiger partial charge in [0.15, 0.2) is 12.4 Å². The first kappa shape index (κ1) is 79.5. The number of hydrogen-bond acceptors (Lipinski definition) is 8. The number of esters is 2. The summed E-state index contributed by atoms with van der Waals surface area (Å²) >= 11 is 0. The average Bonchev–Trinajstić information content (AvgIpc) is 3.45. The second-order valence-corrected chi connectivity index (χ2v) is 25.5. The molecule has 2 atom stereocenters. The molecule has 9 heteroatoms. The molecule has 0 spiro atoms. The zero-order valence-electron chi connectivity index (χ0n) is 55.1. The lowest BCUT2D eigenvalue weighted by Gasteiger charge is -2.26. The number of carbonyl (C=O) groups is 3. The van der Waals surface area contributed by atoms with Crippen molar-refractivity contribution in [2.75, 3.05) is 47.5 Å². The molecule has 0 aliphatic heterocycles. The normalized spacial score (nSPS) is 12.8. The van der Waals surface area contributed by atoms with Gasteiger partial charge in [-0.05, 0) is 51.4 Å². The van der Waals surface area contributed by atoms with Crippen LogP contribution in [0.5, 0.6) is 0 Å². The van der Waals surface area contributed by atoms with Crippen molar-refractivity contribution in [3.8, 4) is 0 Å². The van der Waals surface area contributed by atoms with Crippen molar-refractivity contribution in [1.82, 2.24) is 0 Å². The maximum Gasteiger partial charge on any atom is 0.306 e. The van der Waals surface area contributed by atoms with Crippen LogP contribution in [0.4, 0.5) is 0 Å². The van der Waals surface area contributed by atoms with Crippen LogP contribution in [0.1, 0.15) is 354 Å². The van der Waals surface area contributed by atoms with Crippen LogP contribution in [0, 0.1) is 0 Å². The average molecular weight is 1160 g/mol. The van der Waals surface area contributed by atoms with Gasteiger partial charge in [0, 0.05) is 12.8 Å². The smallest absolute Gasteiger partial charge is 0.306 e. The zero-order valence-corrected chi connectivity index (χ0v) is 55.1. The summed E-state index contributed by atoms with van der Waals surface area (Å²) in [6.07, 6.45) is 78.1. The van der Waals surface area contributed by atoms with E-state index in [0.717, 1.165) is 51.4 Å². The topological polar surface area (TPSA) is 111 Å². The van der Waals surface area contributed by atoms with Gasteiger partial charge in [0.05, 0.1) is 40.3 Å². The first-order valence-electron chi connectivity index (χ1n) is 35.6. The Balaban J connectivity index is 4.05. The number of ether oxygens (including phenoxy) is 4. The van der Waals surface area contributed by atoms with Gasteiger partial charge in [-0.2, -0.15) is 0 Å². The minimum Gasteiger partial charge on any atom is -0.545 e. The standard InChI is InChI=1S/C73H137NO8/c1-6-8-10-12-14-16-18-20-22-24-26-28-30-32-33-34-35-36-37-38-40-41-43-45-47-49-51-53-55-57-59-61-63-70(75)80-67-69(68-81-73(72(77)78)79-66-65-74(3,4)5)82-71(76)64-62-60-58-56-54-52-50-48-46-44-42-39-31-29-27-25-23-21-19-17-15-13-11-9-7-2/h19,21,25,27,31,39,69,73H,6-18,20,22-24,26,28-30,32-38,40-68H2,1-5H3/b21-19-,27-25-,39-31-. The second kappa shape index (κ2) is 64.5. The maximum atomic E-state index is 12.9. The molecule has 2 unspecified atom stereocenters. The zero-order chi connectivity index (χ0) is 59.8. The number of carboxylic acid groups (broad SMARTS) is 1. The van der Waals surface area contributed by atoms with Crippen molar-refractivity contribution in [3.63, 3.8) is 0 Å². The SMILES string of the molecule is CCCCCCC/C=C\C/C=C\C/C=C\CCCCCCCCCCCCC(=O)OC(COC(=O)CCCCCCCCCCCCCCCCCCCCCCCCCCCCCCCCCC)COC(OCC[N+](C)(C)C)C(=O)[O-]. The van der Waals surface area contributed by atoms with Crippen LogP contribution in [-0.4, -0.2) is 82.3 Å². The largest absolute Gasteiger partial charge is 0.545 e. The fourth-order valence-corrected chi connectivity index (χ4v) is 10.7. The van der Waals surface area contributed by atoms with E-state index in [1.165, 1.54) is 270 Å². The van der Waals surface area contributed by atoms with Crippen molar-refractivity contribution in [1.29, 1.82) is 0 Å². The minimum absolute atomic E-state index is 0.149. The highest BCUT2D eigenvalue weighted by molar-refractivity contribution is 5.70. The molecule has 0 aromatic heterocycles. The van der Waals surface area contributed by atoms with Crippen LogP contribution in [0.15, 0.2) is 36.5 Å². The highest BCUT2D eigenvalue weighted by atomic mass is 16.7. The highest BCUT2D eigenvalue weighted by Gasteiger charge is 2.22. The number of quaternary nitrogens is 1. The molecule has 0 saturated carbocycles. The Morgan fingerprint density at radius 3 is 0.976 bits per heavy atom. The Morgan fingerprint density at radius 2 is 0.659 bits per heavy atom. The molecular formula is C73H137NO8. The van der Waals surface area contributed by atoms with Crippen molar-refractivity contribution in [2.45, 2.75) is 367 Å². The quantitative estimate of drug-likeness (QED) is 0.0195. The van der Waals surface area contributed by atoms with E-state index < -0.39 is 24.3 Å². The van der Waals surface area contributed by atoms with E-state index in [1.807, 2.05) is 21.1 Å². The van der Waals surface area contributed by atoms with Crippen LogP contribution in [0.25, 0.3) is 0 Å². The van der Waals surface area contributed by atoms with Crippen LogP contribution >= 0.6 is 0 Å². The first-order valence-corrected chi connectivity index (χ1v) is 35.6. The van der Waals surface area contributed by atoms with Gasteiger partial charge < -0.3 is 33.3 Å². The minimum atomic E-state index is -1.62. The molecule has 0 saturated heterocycles. The second-order valence-electron chi connectivity index (χ2n) is 25.5. The number of likely N-dealkylation sites (N-methyl/N-ethyl adjacent to an activating group) is 1. The number of nitrogens with zero attached hydrogens (tertiary/aromatic N) is 1. The van der Waals surface area contributed by atoms with Crippen molar-refractivity contribution in [3.05, 3.63) is 36.5 Å². The van der Waals surface area contributed by atoms with Gasteiger partial charge in [-0.3, -0.25) is 9.59 Å². The Kier molecular flexibility index (Phi) is 62.5. The molecule has 0 amide bonds. The van der Waals surface area contributed by atoms with E-state index in [9.17, 15) is 19.5 Å². The van der Waals surface area contributed by atoms with E-state index >= 15 is 0 Å². The number of unbranched alkanes of at least 4 members (excludes halogenated alkanes) is 46. The number of hydrogen-bond donors (Lipinski definition) is 0. The number of allylic oxidation sites excluding steroid dienone is 6. The van der Waals surface area contributed by atoms with Crippen LogP contribution < -0.4 is 5.11 Å². The third-order valence-corrected chi connectivity index (χ3v) is 16.1. The van der Waals surface area contributed by atoms with Crippen molar-refractivity contribution in [2.24, 2.45) is 0 Å². The molecule has 0 aromatic carbocycles. The third kappa shape index (κ3) is 65.1. The van der Waals surface area contributed by atoms with E-state index in [0.29, 0.717) is 23.9 Å². The van der Waals surface area contributed by atoms with Crippen LogP contribution in [0.3, 0.4) is 0 Å². The molecule has 0 aliphatic carbocycles. The lowest BCUT2D eigenvalue weighted by Crippen LogP contribution is -2.44. The molecule has 0 radical (unpaired) electrons. The molecule has 9 nitrogen and oxygen atoms in total. The van der Waals surface area contributed by atoms with E-state index in [4.69, 9.17) is 18.9 Å². The Bertz CT molecular complexity index is 1440. The lowest BCUT2D eigenvalue weighted by atomic mass is 10.0. The number of rotatable bonds is 67. The van der Waals surface area contributed by atoms with Gasteiger partial charge in [0.1, 0.15) is 13.2 Å². The highest BCUT2D eigenvalue weighted by Crippen LogP contribution is 2.19. The molecule has 0 fully saturated rings. The summed E-state index contributed by atoms with van der Waals surface area (Å²) in [5.41, 5.74) is 0. The Labute approximate surface area is 509 Å². The molecule has 0 aromatic rings. The Morgan fingerprint density at radius 1 is 0.366 bits per heavy atom. The molecular weight excluding hydrogens is 1020 g/mol. The molecule has 0 rings (SSSR count). The van der Waals surface area contributed by atoms with Gasteiger partial charge in [0.25, 0.3) is 0 Å². The van der Waals surface area contributed by atoms with Gasteiger partial charge in [-0.25, -0.2) is 0 Å². The summed E-state index contributed by atoms with van der Waals surface area (Å²) in [6, 6.07) is 0. The molecule has 82 heavy (non-hydrogen) atoms. The fourth-order valence-electron chi connectivity index (χ4n) is 10.7. The molecule has 0 N–H and O–H groups in total. The third-order valence-electron chi connectivity index (χ3n) is 16.1. The summed E-state index contributed by atoms with van der Waals surface area (Å²) in [5.74, 6) is -2.26. The fraction of sp³-hybridized carbons (Fsp3) is 0.877. The summed E-state index contributed by atoms with van der Waals surface area (Å²) in [6.45, 7) is 4.80. The van der Waals surface area contributed by atoms with E-state index in [1.54, 1.807) is 0 Å². The summed E-state index contributed by atoms with van der Waals surface area (Å²) in [5, 5.41) is 11.8. The predicted octanol–water partition coefficient (Wildman–Crippen LogP) is 20.6. The molecule has 0 aliphatic rings. The number of carboxylic acids is 1. The predicted molar refractivity (Wildman–Crippen MR) is 348 cm³/mol. The van der Waals surface area contributed by atoms with E-state index in [-0.39, 0.29) is 32.2 Å². The summed E-state index contributed by atoms with van der Waals surface area (Å²) in [4.78, 5) is 37.5. The molecule has 482 valence electrons. The maximum absolute atomic E-state index is 12.9.